The smallest absolute Gasteiger partial charge is 0.416 e. The Bertz CT molecular complexity index is 1290. The largest absolute Gasteiger partial charge is 0.475 e. The molecule has 3 aromatic carbocycles. The van der Waals surface area contributed by atoms with Gasteiger partial charge in [-0.25, -0.2) is 4.99 Å². The van der Waals surface area contributed by atoms with Crippen molar-refractivity contribution in [2.24, 2.45) is 4.99 Å². The molecule has 2 unspecified atom stereocenters. The average Bonchev–Trinajstić information content (AvgIpc) is 3.42. The molecule has 38 heavy (non-hydrogen) atoms. The molecule has 0 saturated heterocycles. The number of benzene rings is 3. The van der Waals surface area contributed by atoms with Crippen molar-refractivity contribution in [1.29, 1.82) is 0 Å². The van der Waals surface area contributed by atoms with Crippen LogP contribution in [-0.4, -0.2) is 25.0 Å². The van der Waals surface area contributed by atoms with Crippen molar-refractivity contribution < 1.29 is 40.6 Å². The van der Waals surface area contributed by atoms with Gasteiger partial charge < -0.3 is 9.47 Å². The third kappa shape index (κ3) is 7.13. The number of alkyl halides is 6. The molecule has 200 valence electrons. The Balaban J connectivity index is 1.63. The summed E-state index contributed by atoms with van der Waals surface area (Å²) in [6.07, 6.45) is -9.32. The Morgan fingerprint density at radius 2 is 1.58 bits per heavy atom. The average molecular weight is 553 g/mol. The molecule has 0 saturated carbocycles. The molecule has 4 nitrogen and oxygen atoms in total. The van der Waals surface area contributed by atoms with Gasteiger partial charge >= 0.3 is 18.3 Å². The van der Waals surface area contributed by atoms with Gasteiger partial charge in [-0.3, -0.25) is 4.79 Å². The number of rotatable bonds is 8. The molecule has 0 aliphatic carbocycles. The lowest BCUT2D eigenvalue weighted by atomic mass is 10.1. The van der Waals surface area contributed by atoms with Gasteiger partial charge in [-0.05, 0) is 40.7 Å². The number of carbonyl (C=O) groups excluding carboxylic acids is 1. The molecule has 0 bridgehead atoms. The van der Waals surface area contributed by atoms with Gasteiger partial charge in [0, 0.05) is 11.2 Å². The van der Waals surface area contributed by atoms with Gasteiger partial charge in [-0.1, -0.05) is 57.1 Å². The van der Waals surface area contributed by atoms with Crippen LogP contribution < -0.4 is 5.30 Å². The van der Waals surface area contributed by atoms with Gasteiger partial charge in [-0.2, -0.15) is 26.3 Å². The number of ether oxygens (including phenoxy) is 2. The summed E-state index contributed by atoms with van der Waals surface area (Å²) in [5.74, 6) is -0.523. The lowest BCUT2D eigenvalue weighted by Crippen LogP contribution is -2.18. The van der Waals surface area contributed by atoms with E-state index in [4.69, 9.17) is 9.47 Å². The van der Waals surface area contributed by atoms with E-state index in [0.717, 1.165) is 29.8 Å². The lowest BCUT2D eigenvalue weighted by molar-refractivity contribution is -0.145. The Morgan fingerprint density at radius 1 is 0.921 bits per heavy atom. The number of nitrogens with zero attached hydrogens (tertiary/aromatic N) is 1. The standard InChI is InChI=1S/C27H22F6NO3P/c28-26(29,30)19-8-6-18(7-9-19)23(15-24(35)37-16-17-4-2-1-3-5-17)38-22-11-10-20(27(31,32)33)14-21(22)25-34-12-13-36-25/h1-11,14,23,38H,12-13,15-16H2. The number of esters is 1. The number of hydrogen-bond donors (Lipinski definition) is 0. The minimum atomic E-state index is -4.59. The van der Waals surface area contributed by atoms with Crippen molar-refractivity contribution in [3.63, 3.8) is 0 Å². The lowest BCUT2D eigenvalue weighted by Gasteiger charge is -2.20. The summed E-state index contributed by atoms with van der Waals surface area (Å²) < 4.78 is 90.4. The second kappa shape index (κ2) is 11.6. The van der Waals surface area contributed by atoms with E-state index in [2.05, 4.69) is 4.99 Å². The van der Waals surface area contributed by atoms with Gasteiger partial charge in [0.05, 0.1) is 24.1 Å². The maximum absolute atomic E-state index is 13.4. The van der Waals surface area contributed by atoms with Crippen LogP contribution in [0.15, 0.2) is 77.8 Å². The first-order valence-corrected chi connectivity index (χ1v) is 12.6. The molecule has 2 atom stereocenters. The molecule has 11 heteroatoms. The third-order valence-electron chi connectivity index (χ3n) is 5.75. The van der Waals surface area contributed by atoms with Gasteiger partial charge in [0.2, 0.25) is 5.90 Å². The molecular formula is C27H22F6NO3P. The SMILES string of the molecule is O=C(CC(Pc1ccc(C(F)(F)F)cc1C1=NCCO1)c1ccc(C(F)(F)F)cc1)OCc1ccccc1. The van der Waals surface area contributed by atoms with Crippen LogP contribution in [0.3, 0.4) is 0 Å². The Morgan fingerprint density at radius 3 is 2.18 bits per heavy atom. The molecule has 0 N–H and O–H groups in total. The molecule has 0 radical (unpaired) electrons. The summed E-state index contributed by atoms with van der Waals surface area (Å²) >= 11 is 0. The van der Waals surface area contributed by atoms with Crippen molar-refractivity contribution in [3.8, 4) is 0 Å². The zero-order valence-electron chi connectivity index (χ0n) is 19.8. The highest BCUT2D eigenvalue weighted by molar-refractivity contribution is 7.48. The summed E-state index contributed by atoms with van der Waals surface area (Å²) in [6, 6.07) is 16.5. The number of halogens is 6. The first-order chi connectivity index (χ1) is 18.0. The van der Waals surface area contributed by atoms with Crippen LogP contribution in [0.4, 0.5) is 26.3 Å². The van der Waals surface area contributed by atoms with E-state index in [1.807, 2.05) is 6.07 Å². The van der Waals surface area contributed by atoms with E-state index in [1.165, 1.54) is 18.2 Å². The van der Waals surface area contributed by atoms with Crippen LogP contribution in [0.2, 0.25) is 0 Å². The predicted octanol–water partition coefficient (Wildman–Crippen LogP) is 6.68. The van der Waals surface area contributed by atoms with Gasteiger partial charge in [-0.15, -0.1) is 0 Å². The Hall–Kier alpha value is -3.39. The molecule has 1 heterocycles. The molecule has 1 aliphatic rings. The summed E-state index contributed by atoms with van der Waals surface area (Å²) in [6.45, 7) is 0.531. The van der Waals surface area contributed by atoms with Crippen LogP contribution in [-0.2, 0) is 33.2 Å². The summed E-state index contributed by atoms with van der Waals surface area (Å²) in [4.78, 5) is 16.9. The van der Waals surface area contributed by atoms with Gasteiger partial charge in [0.15, 0.2) is 0 Å². The molecule has 0 amide bonds. The van der Waals surface area contributed by atoms with Crippen molar-refractivity contribution in [1.82, 2.24) is 0 Å². The van der Waals surface area contributed by atoms with Crippen LogP contribution in [0.25, 0.3) is 0 Å². The molecule has 1 aliphatic heterocycles. The highest BCUT2D eigenvalue weighted by Crippen LogP contribution is 2.41. The number of hydrogen-bond acceptors (Lipinski definition) is 4. The van der Waals surface area contributed by atoms with Crippen molar-refractivity contribution >= 4 is 25.8 Å². The minimum Gasteiger partial charge on any atom is -0.475 e. The van der Waals surface area contributed by atoms with E-state index in [-0.39, 0.29) is 39.7 Å². The minimum absolute atomic E-state index is 0.0126. The fourth-order valence-corrected chi connectivity index (χ4v) is 5.35. The zero-order valence-corrected chi connectivity index (χ0v) is 20.8. The van der Waals surface area contributed by atoms with E-state index in [0.29, 0.717) is 17.4 Å². The third-order valence-corrected chi connectivity index (χ3v) is 7.38. The van der Waals surface area contributed by atoms with Crippen LogP contribution in [0.1, 0.15) is 39.9 Å². The summed E-state index contributed by atoms with van der Waals surface area (Å²) in [5, 5.41) is 0.444. The second-order valence-corrected chi connectivity index (χ2v) is 9.98. The maximum atomic E-state index is 13.4. The second-order valence-electron chi connectivity index (χ2n) is 8.46. The van der Waals surface area contributed by atoms with E-state index in [1.54, 1.807) is 24.3 Å². The van der Waals surface area contributed by atoms with Crippen LogP contribution in [0, 0.1) is 0 Å². The topological polar surface area (TPSA) is 47.9 Å². The molecule has 0 spiro atoms. The van der Waals surface area contributed by atoms with Crippen molar-refractivity contribution in [3.05, 3.63) is 101 Å². The molecule has 4 rings (SSSR count). The summed E-state index contributed by atoms with van der Waals surface area (Å²) in [5.41, 5.74) is -1.06. The number of aliphatic imine (C=N–C) groups is 1. The van der Waals surface area contributed by atoms with E-state index < -0.39 is 35.1 Å². The van der Waals surface area contributed by atoms with Crippen LogP contribution in [0.5, 0.6) is 0 Å². The van der Waals surface area contributed by atoms with E-state index >= 15 is 0 Å². The fourth-order valence-electron chi connectivity index (χ4n) is 3.83. The fraction of sp³-hybridized carbons (Fsp3) is 0.259. The van der Waals surface area contributed by atoms with E-state index in [9.17, 15) is 31.1 Å². The molecular weight excluding hydrogens is 531 g/mol. The molecule has 0 fully saturated rings. The van der Waals surface area contributed by atoms with Gasteiger partial charge in [0.1, 0.15) is 13.2 Å². The Kier molecular flexibility index (Phi) is 8.41. The monoisotopic (exact) mass is 553 g/mol. The summed E-state index contributed by atoms with van der Waals surface area (Å²) in [7, 11) is -0.285. The highest BCUT2D eigenvalue weighted by atomic mass is 31.1. The van der Waals surface area contributed by atoms with Crippen LogP contribution >= 0.6 is 8.58 Å². The highest BCUT2D eigenvalue weighted by Gasteiger charge is 2.33. The normalized spacial score (nSPS) is 14.8. The van der Waals surface area contributed by atoms with Gasteiger partial charge in [0.25, 0.3) is 0 Å². The molecule has 0 aromatic heterocycles. The Labute approximate surface area is 216 Å². The zero-order chi connectivity index (χ0) is 27.3. The number of carbonyl (C=O) groups is 1. The first kappa shape index (κ1) is 27.6. The quantitative estimate of drug-likeness (QED) is 0.178. The van der Waals surface area contributed by atoms with Crippen molar-refractivity contribution in [2.75, 3.05) is 13.2 Å². The molecule has 3 aromatic rings. The maximum Gasteiger partial charge on any atom is 0.416 e. The first-order valence-electron chi connectivity index (χ1n) is 11.5. The predicted molar refractivity (Wildman–Crippen MR) is 132 cm³/mol. The van der Waals surface area contributed by atoms with Crippen molar-refractivity contribution in [2.45, 2.75) is 31.0 Å².